The normalized spacial score (nSPS) is 21.4. The second-order valence-electron chi connectivity index (χ2n) is 7.40. The Balaban J connectivity index is 1.89. The van der Waals surface area contributed by atoms with Gasteiger partial charge in [-0.2, -0.15) is 0 Å². The summed E-state index contributed by atoms with van der Waals surface area (Å²) >= 11 is 0. The smallest absolute Gasteiger partial charge is 0.297 e. The van der Waals surface area contributed by atoms with Gasteiger partial charge in [0.05, 0.1) is 12.2 Å². The van der Waals surface area contributed by atoms with Gasteiger partial charge >= 0.3 is 12.1 Å². The molecule has 0 bridgehead atoms. The minimum atomic E-state index is -1.47. The molecule has 2 aliphatic heterocycles. The molecule has 0 saturated carbocycles. The van der Waals surface area contributed by atoms with Gasteiger partial charge in [-0.15, -0.1) is 0 Å². The maximum absolute atomic E-state index is 13.9. The fraction of sp³-hybridized carbons (Fsp3) is 0.318. The van der Waals surface area contributed by atoms with Gasteiger partial charge in [-0.05, 0) is 18.1 Å². The van der Waals surface area contributed by atoms with E-state index >= 15 is 0 Å². The highest BCUT2D eigenvalue weighted by atomic mass is 16.2. The Labute approximate surface area is 170 Å². The van der Waals surface area contributed by atoms with Crippen LogP contribution in [-0.4, -0.2) is 53.3 Å². The van der Waals surface area contributed by atoms with Crippen LogP contribution in [0, 0.1) is 0 Å². The first-order valence-corrected chi connectivity index (χ1v) is 9.73. The molecule has 0 N–H and O–H groups in total. The zero-order chi connectivity index (χ0) is 20.8. The molecule has 7 nitrogen and oxygen atoms in total. The van der Waals surface area contributed by atoms with Crippen molar-refractivity contribution < 1.29 is 14.4 Å². The van der Waals surface area contributed by atoms with Gasteiger partial charge < -0.3 is 0 Å². The molecule has 1 spiro atoms. The maximum atomic E-state index is 13.9. The molecule has 2 aliphatic rings. The van der Waals surface area contributed by atoms with Gasteiger partial charge in [-0.1, -0.05) is 55.5 Å². The quantitative estimate of drug-likeness (QED) is 0.751. The first kappa shape index (κ1) is 19.0. The number of imide groups is 1. The summed E-state index contributed by atoms with van der Waals surface area (Å²) in [4.78, 5) is 46.1. The number of nitrogens with zero attached hydrogens (tertiary/aromatic N) is 4. The first-order chi connectivity index (χ1) is 13.9. The summed E-state index contributed by atoms with van der Waals surface area (Å²) < 4.78 is 0. The summed E-state index contributed by atoms with van der Waals surface area (Å²) in [6.45, 7) is 2.47. The predicted molar refractivity (Wildman–Crippen MR) is 109 cm³/mol. The van der Waals surface area contributed by atoms with E-state index in [2.05, 4.69) is 0 Å². The number of benzene rings is 2. The molecule has 2 aromatic carbocycles. The number of likely N-dealkylation sites (N-methyl/N-ethyl adjacent to an activating group) is 1. The summed E-state index contributed by atoms with van der Waals surface area (Å²) in [5.74, 6) is -0.392. The standard InChI is InChI=1S/C22H24N4O3/c1-4-14-26-20(28)23(2)18-13-9-8-12-17(18)22(26)19(27)25(21(29)24(22)3)15-16-10-6-5-7-11-16/h5-13H,4,14-15H2,1-3H3. The Bertz CT molecular complexity index is 977. The van der Waals surface area contributed by atoms with Crippen LogP contribution in [0.25, 0.3) is 0 Å². The molecule has 5 amide bonds. The molecular formula is C22H24N4O3. The van der Waals surface area contributed by atoms with Crippen molar-refractivity contribution in [3.63, 3.8) is 0 Å². The van der Waals surface area contributed by atoms with Gasteiger partial charge in [0.25, 0.3) is 5.91 Å². The van der Waals surface area contributed by atoms with Gasteiger partial charge in [-0.3, -0.25) is 24.4 Å². The van der Waals surface area contributed by atoms with E-state index in [1.54, 1.807) is 19.0 Å². The highest BCUT2D eigenvalue weighted by molar-refractivity contribution is 6.12. The lowest BCUT2D eigenvalue weighted by Gasteiger charge is -2.49. The molecule has 4 rings (SSSR count). The predicted octanol–water partition coefficient (Wildman–Crippen LogP) is 3.22. The molecule has 150 valence electrons. The second kappa shape index (κ2) is 6.92. The van der Waals surface area contributed by atoms with E-state index in [0.29, 0.717) is 24.2 Å². The SMILES string of the molecule is CCCN1C(=O)N(C)c2ccccc2C12C(=O)N(Cc1ccccc1)C(=O)N2C. The number of para-hydroxylation sites is 1. The van der Waals surface area contributed by atoms with Crippen molar-refractivity contribution in [2.24, 2.45) is 0 Å². The number of hydrogen-bond acceptors (Lipinski definition) is 3. The Kier molecular flexibility index (Phi) is 4.53. The molecule has 0 aromatic heterocycles. The van der Waals surface area contributed by atoms with Crippen LogP contribution < -0.4 is 4.90 Å². The average molecular weight is 392 g/mol. The number of carbonyl (C=O) groups is 3. The van der Waals surface area contributed by atoms with Crippen molar-refractivity contribution >= 4 is 23.7 Å². The van der Waals surface area contributed by atoms with E-state index in [9.17, 15) is 14.4 Å². The fourth-order valence-corrected chi connectivity index (χ4v) is 4.35. The minimum absolute atomic E-state index is 0.163. The number of anilines is 1. The van der Waals surface area contributed by atoms with Crippen molar-refractivity contribution in [2.45, 2.75) is 25.6 Å². The van der Waals surface area contributed by atoms with Gasteiger partial charge in [0, 0.05) is 26.2 Å². The van der Waals surface area contributed by atoms with E-state index in [1.807, 2.05) is 61.5 Å². The Morgan fingerprint density at radius 2 is 1.52 bits per heavy atom. The summed E-state index contributed by atoms with van der Waals surface area (Å²) in [7, 11) is 3.29. The third-order valence-electron chi connectivity index (χ3n) is 5.73. The third-order valence-corrected chi connectivity index (χ3v) is 5.73. The average Bonchev–Trinajstić information content (AvgIpc) is 2.92. The topological polar surface area (TPSA) is 64.2 Å². The highest BCUT2D eigenvalue weighted by Gasteiger charge is 2.64. The molecule has 1 fully saturated rings. The Morgan fingerprint density at radius 3 is 2.21 bits per heavy atom. The van der Waals surface area contributed by atoms with Crippen molar-refractivity contribution in [1.82, 2.24) is 14.7 Å². The van der Waals surface area contributed by atoms with Crippen LogP contribution in [-0.2, 0) is 17.0 Å². The molecule has 0 aliphatic carbocycles. The van der Waals surface area contributed by atoms with E-state index in [-0.39, 0.29) is 12.6 Å². The molecule has 0 radical (unpaired) electrons. The number of amides is 5. The van der Waals surface area contributed by atoms with Gasteiger partial charge in [0.15, 0.2) is 0 Å². The molecule has 2 heterocycles. The van der Waals surface area contributed by atoms with Gasteiger partial charge in [0.1, 0.15) is 0 Å². The van der Waals surface area contributed by atoms with Gasteiger partial charge in [0.2, 0.25) is 5.66 Å². The zero-order valence-corrected chi connectivity index (χ0v) is 16.8. The lowest BCUT2D eigenvalue weighted by molar-refractivity contribution is -0.142. The largest absolute Gasteiger partial charge is 0.329 e. The number of hydrogen-bond donors (Lipinski definition) is 0. The van der Waals surface area contributed by atoms with Crippen LogP contribution in [0.3, 0.4) is 0 Å². The number of carbonyl (C=O) groups excluding carboxylic acids is 3. The van der Waals surface area contributed by atoms with E-state index < -0.39 is 17.6 Å². The van der Waals surface area contributed by atoms with Crippen molar-refractivity contribution in [1.29, 1.82) is 0 Å². The van der Waals surface area contributed by atoms with E-state index in [0.717, 1.165) is 5.56 Å². The van der Waals surface area contributed by atoms with Gasteiger partial charge in [-0.25, -0.2) is 9.59 Å². The highest BCUT2D eigenvalue weighted by Crippen LogP contribution is 2.47. The van der Waals surface area contributed by atoms with Crippen LogP contribution in [0.4, 0.5) is 15.3 Å². The summed E-state index contributed by atoms with van der Waals surface area (Å²) in [6.07, 6.45) is 0.664. The number of urea groups is 2. The van der Waals surface area contributed by atoms with Crippen LogP contribution in [0.1, 0.15) is 24.5 Å². The molecular weight excluding hydrogens is 368 g/mol. The molecule has 1 atom stereocenters. The summed E-state index contributed by atoms with van der Waals surface area (Å²) in [5, 5.41) is 0. The van der Waals surface area contributed by atoms with Crippen molar-refractivity contribution in [3.05, 3.63) is 65.7 Å². The first-order valence-electron chi connectivity index (χ1n) is 9.73. The number of rotatable bonds is 4. The Morgan fingerprint density at radius 1 is 0.862 bits per heavy atom. The van der Waals surface area contributed by atoms with Crippen LogP contribution >= 0.6 is 0 Å². The van der Waals surface area contributed by atoms with Crippen molar-refractivity contribution in [3.8, 4) is 0 Å². The monoisotopic (exact) mass is 392 g/mol. The van der Waals surface area contributed by atoms with E-state index in [1.165, 1.54) is 14.7 Å². The molecule has 2 aromatic rings. The fourth-order valence-electron chi connectivity index (χ4n) is 4.35. The molecule has 1 saturated heterocycles. The lowest BCUT2D eigenvalue weighted by Crippen LogP contribution is -2.65. The van der Waals surface area contributed by atoms with Crippen LogP contribution in [0.2, 0.25) is 0 Å². The molecule has 1 unspecified atom stereocenters. The van der Waals surface area contributed by atoms with Crippen LogP contribution in [0.15, 0.2) is 54.6 Å². The van der Waals surface area contributed by atoms with E-state index in [4.69, 9.17) is 0 Å². The maximum Gasteiger partial charge on any atom is 0.329 e. The summed E-state index contributed by atoms with van der Waals surface area (Å²) in [6, 6.07) is 16.0. The summed E-state index contributed by atoms with van der Waals surface area (Å²) in [5.41, 5.74) is 0.669. The van der Waals surface area contributed by atoms with Crippen molar-refractivity contribution in [2.75, 3.05) is 25.5 Å². The zero-order valence-electron chi connectivity index (χ0n) is 16.8. The molecule has 7 heteroatoms. The second-order valence-corrected chi connectivity index (χ2v) is 7.40. The Hall–Kier alpha value is -3.35. The minimum Gasteiger partial charge on any atom is -0.297 e. The third kappa shape index (κ3) is 2.53. The molecule has 29 heavy (non-hydrogen) atoms. The number of fused-ring (bicyclic) bond motifs is 2. The van der Waals surface area contributed by atoms with Crippen LogP contribution in [0.5, 0.6) is 0 Å². The lowest BCUT2D eigenvalue weighted by atomic mass is 9.91.